The summed E-state index contributed by atoms with van der Waals surface area (Å²) in [5.74, 6) is 0. The first-order valence-corrected chi connectivity index (χ1v) is 8.43. The maximum atomic E-state index is 6.03. The number of hydrogen-bond donors (Lipinski definition) is 0. The van der Waals surface area contributed by atoms with Gasteiger partial charge in [0, 0.05) is 10.7 Å². The van der Waals surface area contributed by atoms with Crippen LogP contribution < -0.4 is 0 Å². The van der Waals surface area contributed by atoms with Crippen molar-refractivity contribution >= 4 is 15.9 Å². The number of hydrogen-bond acceptors (Lipinski definition) is 1. The second-order valence-corrected chi connectivity index (χ2v) is 5.87. The van der Waals surface area contributed by atoms with E-state index in [1.807, 2.05) is 0 Å². The first-order valence-electron chi connectivity index (χ1n) is 7.31. The van der Waals surface area contributed by atoms with Crippen LogP contribution in [0.15, 0.2) is 0 Å². The van der Waals surface area contributed by atoms with Gasteiger partial charge < -0.3 is 4.74 Å². The topological polar surface area (TPSA) is 9.23 Å². The summed E-state index contributed by atoms with van der Waals surface area (Å²) in [7, 11) is 0. The lowest BCUT2D eigenvalue weighted by Crippen LogP contribution is -2.29. The summed E-state index contributed by atoms with van der Waals surface area (Å²) < 4.78 is 6.03. The molecule has 0 aliphatic rings. The average Bonchev–Trinajstić information content (AvgIpc) is 2.37. The van der Waals surface area contributed by atoms with Gasteiger partial charge in [0.25, 0.3) is 0 Å². The van der Waals surface area contributed by atoms with Crippen molar-refractivity contribution in [2.24, 2.45) is 5.41 Å². The van der Waals surface area contributed by atoms with Crippen molar-refractivity contribution < 1.29 is 4.74 Å². The van der Waals surface area contributed by atoms with Crippen molar-refractivity contribution in [1.29, 1.82) is 0 Å². The number of unbranched alkanes of at least 4 members (excludes halogenated alkanes) is 3. The molecule has 0 aromatic heterocycles. The Morgan fingerprint density at radius 1 is 1.06 bits per heavy atom. The highest BCUT2D eigenvalue weighted by atomic mass is 79.9. The predicted molar refractivity (Wildman–Crippen MR) is 81.0 cm³/mol. The van der Waals surface area contributed by atoms with E-state index in [-0.39, 0.29) is 0 Å². The molecule has 2 heteroatoms. The lowest BCUT2D eigenvalue weighted by atomic mass is 9.86. The number of ether oxygens (including phenoxy) is 1. The first-order chi connectivity index (χ1) is 8.14. The molecule has 1 nitrogen and oxygen atoms in total. The molecule has 0 saturated heterocycles. The standard InChI is InChI=1S/C15H31BrO/c1-5-8-9-10-11-14(4)17-13-15(6-2,7-3)12-16/h14H,5-13H2,1-4H3. The summed E-state index contributed by atoms with van der Waals surface area (Å²) >= 11 is 3.64. The zero-order chi connectivity index (χ0) is 13.1. The quantitative estimate of drug-likeness (QED) is 0.358. The van der Waals surface area contributed by atoms with Crippen LogP contribution in [0.5, 0.6) is 0 Å². The summed E-state index contributed by atoms with van der Waals surface area (Å²) in [6, 6.07) is 0. The van der Waals surface area contributed by atoms with Gasteiger partial charge in [0.05, 0.1) is 12.7 Å². The third-order valence-corrected chi connectivity index (χ3v) is 5.11. The second-order valence-electron chi connectivity index (χ2n) is 5.31. The van der Waals surface area contributed by atoms with E-state index in [0.29, 0.717) is 11.5 Å². The van der Waals surface area contributed by atoms with Crippen molar-refractivity contribution in [2.45, 2.75) is 78.7 Å². The summed E-state index contributed by atoms with van der Waals surface area (Å²) in [5, 5.41) is 1.05. The fourth-order valence-corrected chi connectivity index (χ4v) is 2.90. The number of alkyl halides is 1. The molecule has 0 bridgehead atoms. The Morgan fingerprint density at radius 3 is 2.18 bits per heavy atom. The Balaban J connectivity index is 3.76. The lowest BCUT2D eigenvalue weighted by Gasteiger charge is -2.30. The molecule has 0 N–H and O–H groups in total. The number of halogens is 1. The van der Waals surface area contributed by atoms with Crippen LogP contribution in [0.3, 0.4) is 0 Å². The molecule has 0 aromatic rings. The molecule has 0 aromatic carbocycles. The second kappa shape index (κ2) is 10.4. The molecular formula is C15H31BrO. The van der Waals surface area contributed by atoms with Gasteiger partial charge in [0.1, 0.15) is 0 Å². The van der Waals surface area contributed by atoms with Crippen LogP contribution in [-0.2, 0) is 4.74 Å². The largest absolute Gasteiger partial charge is 0.378 e. The van der Waals surface area contributed by atoms with E-state index < -0.39 is 0 Å². The summed E-state index contributed by atoms with van der Waals surface area (Å²) in [4.78, 5) is 0. The maximum absolute atomic E-state index is 6.03. The van der Waals surface area contributed by atoms with E-state index in [4.69, 9.17) is 4.74 Å². The smallest absolute Gasteiger partial charge is 0.0547 e. The highest BCUT2D eigenvalue weighted by Gasteiger charge is 2.25. The van der Waals surface area contributed by atoms with Crippen LogP contribution in [0, 0.1) is 5.41 Å². The van der Waals surface area contributed by atoms with Gasteiger partial charge in [-0.2, -0.15) is 0 Å². The van der Waals surface area contributed by atoms with E-state index in [1.165, 1.54) is 44.9 Å². The van der Waals surface area contributed by atoms with Crippen molar-refractivity contribution in [3.05, 3.63) is 0 Å². The van der Waals surface area contributed by atoms with Crippen LogP contribution in [0.25, 0.3) is 0 Å². The molecule has 1 unspecified atom stereocenters. The Bertz CT molecular complexity index is 158. The monoisotopic (exact) mass is 306 g/mol. The van der Waals surface area contributed by atoms with Gasteiger partial charge in [-0.1, -0.05) is 62.4 Å². The van der Waals surface area contributed by atoms with E-state index in [1.54, 1.807) is 0 Å². The highest BCUT2D eigenvalue weighted by molar-refractivity contribution is 9.09. The maximum Gasteiger partial charge on any atom is 0.0547 e. The van der Waals surface area contributed by atoms with Crippen LogP contribution in [-0.4, -0.2) is 18.0 Å². The molecule has 0 rings (SSSR count). The van der Waals surface area contributed by atoms with Crippen molar-refractivity contribution in [3.8, 4) is 0 Å². The lowest BCUT2D eigenvalue weighted by molar-refractivity contribution is -0.0000440. The molecule has 17 heavy (non-hydrogen) atoms. The van der Waals surface area contributed by atoms with Gasteiger partial charge in [0.15, 0.2) is 0 Å². The SMILES string of the molecule is CCCCCCC(C)OCC(CC)(CC)CBr. The van der Waals surface area contributed by atoms with Gasteiger partial charge >= 0.3 is 0 Å². The zero-order valence-corrected chi connectivity index (χ0v) is 13.8. The minimum Gasteiger partial charge on any atom is -0.378 e. The van der Waals surface area contributed by atoms with Gasteiger partial charge in [-0.3, -0.25) is 0 Å². The molecule has 0 saturated carbocycles. The molecule has 0 aliphatic heterocycles. The highest BCUT2D eigenvalue weighted by Crippen LogP contribution is 2.29. The van der Waals surface area contributed by atoms with Crippen LogP contribution in [0.1, 0.15) is 72.6 Å². The molecule has 0 fully saturated rings. The Labute approximate surface area is 117 Å². The fourth-order valence-electron chi connectivity index (χ4n) is 1.94. The molecular weight excluding hydrogens is 276 g/mol. The van der Waals surface area contributed by atoms with Crippen molar-refractivity contribution in [1.82, 2.24) is 0 Å². The normalized spacial score (nSPS) is 13.9. The fraction of sp³-hybridized carbons (Fsp3) is 1.00. The van der Waals surface area contributed by atoms with Crippen molar-refractivity contribution in [3.63, 3.8) is 0 Å². The molecule has 0 amide bonds. The summed E-state index contributed by atoms with van der Waals surface area (Å²) in [6.07, 6.45) is 9.36. The van der Waals surface area contributed by atoms with E-state index >= 15 is 0 Å². The summed E-state index contributed by atoms with van der Waals surface area (Å²) in [5.41, 5.74) is 0.345. The molecule has 0 aliphatic carbocycles. The summed E-state index contributed by atoms with van der Waals surface area (Å²) in [6.45, 7) is 9.91. The minimum absolute atomic E-state index is 0.345. The minimum atomic E-state index is 0.345. The molecule has 0 radical (unpaired) electrons. The van der Waals surface area contributed by atoms with E-state index in [2.05, 4.69) is 43.6 Å². The Hall–Kier alpha value is 0.440. The third-order valence-electron chi connectivity index (χ3n) is 3.92. The van der Waals surface area contributed by atoms with Gasteiger partial charge in [-0.25, -0.2) is 0 Å². The Kier molecular flexibility index (Phi) is 10.6. The van der Waals surface area contributed by atoms with Crippen LogP contribution in [0.2, 0.25) is 0 Å². The zero-order valence-electron chi connectivity index (χ0n) is 12.2. The van der Waals surface area contributed by atoms with Crippen LogP contribution in [0.4, 0.5) is 0 Å². The number of rotatable bonds is 11. The van der Waals surface area contributed by atoms with Gasteiger partial charge in [-0.15, -0.1) is 0 Å². The molecule has 104 valence electrons. The van der Waals surface area contributed by atoms with E-state index in [0.717, 1.165) is 11.9 Å². The van der Waals surface area contributed by atoms with E-state index in [9.17, 15) is 0 Å². The molecule has 0 spiro atoms. The Morgan fingerprint density at radius 2 is 1.71 bits per heavy atom. The van der Waals surface area contributed by atoms with Crippen LogP contribution >= 0.6 is 15.9 Å². The average molecular weight is 307 g/mol. The van der Waals surface area contributed by atoms with Gasteiger partial charge in [-0.05, 0) is 26.2 Å². The molecule has 1 atom stereocenters. The van der Waals surface area contributed by atoms with Gasteiger partial charge in [0.2, 0.25) is 0 Å². The third kappa shape index (κ3) is 7.46. The van der Waals surface area contributed by atoms with Crippen molar-refractivity contribution in [2.75, 3.05) is 11.9 Å². The molecule has 0 heterocycles. The first kappa shape index (κ1) is 17.4. The predicted octanol–water partition coefficient (Wildman–Crippen LogP) is 5.56.